The number of halogens is 1. The number of benzene rings is 2. The van der Waals surface area contributed by atoms with Crippen molar-refractivity contribution in [3.8, 4) is 0 Å². The number of carbonyl (C=O) groups excluding carboxylic acids is 1. The average molecular weight is 296 g/mol. The first-order valence-electron chi connectivity index (χ1n) is 6.67. The summed E-state index contributed by atoms with van der Waals surface area (Å²) in [5.74, 6) is -0.283. The number of nitrogens with zero attached hydrogens (tertiary/aromatic N) is 2. The van der Waals surface area contributed by atoms with Crippen LogP contribution in [0.3, 0.4) is 0 Å². The molecule has 0 saturated heterocycles. The first-order chi connectivity index (χ1) is 10.6. The van der Waals surface area contributed by atoms with Crippen molar-refractivity contribution in [3.05, 3.63) is 65.7 Å². The number of para-hydroxylation sites is 1. The third-order valence-electron chi connectivity index (χ3n) is 3.31. The van der Waals surface area contributed by atoms with Gasteiger partial charge in [-0.2, -0.15) is 0 Å². The van der Waals surface area contributed by atoms with E-state index in [4.69, 9.17) is 5.73 Å². The van der Waals surface area contributed by atoms with E-state index in [-0.39, 0.29) is 11.3 Å². The third-order valence-corrected chi connectivity index (χ3v) is 3.31. The third kappa shape index (κ3) is 2.71. The number of carbonyl (C=O) groups is 1. The summed E-state index contributed by atoms with van der Waals surface area (Å²) in [6.45, 7) is 0.488. The highest BCUT2D eigenvalue weighted by Gasteiger charge is 2.07. The van der Waals surface area contributed by atoms with E-state index < -0.39 is 5.91 Å². The molecule has 0 unspecified atom stereocenters. The second-order valence-corrected chi connectivity index (χ2v) is 4.77. The van der Waals surface area contributed by atoms with Crippen molar-refractivity contribution in [2.24, 2.45) is 5.73 Å². The van der Waals surface area contributed by atoms with Gasteiger partial charge in [0, 0.05) is 17.5 Å². The van der Waals surface area contributed by atoms with Crippen LogP contribution in [0.15, 0.2) is 48.8 Å². The molecule has 5 nitrogen and oxygen atoms in total. The van der Waals surface area contributed by atoms with E-state index in [1.807, 2.05) is 0 Å². The maximum Gasteiger partial charge on any atom is 0.248 e. The van der Waals surface area contributed by atoms with E-state index in [1.165, 1.54) is 12.4 Å². The molecule has 1 amide bonds. The van der Waals surface area contributed by atoms with E-state index in [9.17, 15) is 9.18 Å². The minimum Gasteiger partial charge on any atom is -0.366 e. The largest absolute Gasteiger partial charge is 0.366 e. The summed E-state index contributed by atoms with van der Waals surface area (Å²) in [6, 6.07) is 11.7. The number of nitrogens with one attached hydrogen (secondary N) is 1. The summed E-state index contributed by atoms with van der Waals surface area (Å²) < 4.78 is 13.7. The van der Waals surface area contributed by atoms with Gasteiger partial charge in [-0.25, -0.2) is 14.4 Å². The van der Waals surface area contributed by atoms with Crippen LogP contribution >= 0.6 is 0 Å². The van der Waals surface area contributed by atoms with Gasteiger partial charge < -0.3 is 11.1 Å². The van der Waals surface area contributed by atoms with Crippen LogP contribution in [0, 0.1) is 5.82 Å². The molecule has 1 heterocycles. The monoisotopic (exact) mass is 296 g/mol. The quantitative estimate of drug-likeness (QED) is 0.775. The number of hydrogen-bond acceptors (Lipinski definition) is 4. The van der Waals surface area contributed by atoms with Gasteiger partial charge in [0.05, 0.1) is 0 Å². The fraction of sp³-hybridized carbons (Fsp3) is 0.0625. The topological polar surface area (TPSA) is 80.9 Å². The van der Waals surface area contributed by atoms with Crippen LogP contribution in [0.1, 0.15) is 15.9 Å². The van der Waals surface area contributed by atoms with Crippen LogP contribution in [0.5, 0.6) is 0 Å². The Morgan fingerprint density at radius 3 is 2.64 bits per heavy atom. The number of rotatable bonds is 4. The van der Waals surface area contributed by atoms with Gasteiger partial charge in [0.15, 0.2) is 0 Å². The molecule has 110 valence electrons. The van der Waals surface area contributed by atoms with E-state index in [0.717, 1.165) is 5.56 Å². The molecule has 3 N–H and O–H groups in total. The standard InChI is InChI=1S/C16H13FN4O/c17-13-3-1-2-12-14(13)20-9-21-16(12)19-8-10-4-6-11(7-5-10)15(18)22/h1-7,9H,8H2,(H2,18,22)(H,19,20,21). The molecule has 3 aromatic rings. The van der Waals surface area contributed by atoms with Crippen LogP contribution in [0.4, 0.5) is 10.2 Å². The number of aromatic nitrogens is 2. The van der Waals surface area contributed by atoms with E-state index >= 15 is 0 Å². The van der Waals surface area contributed by atoms with E-state index in [1.54, 1.807) is 36.4 Å². The van der Waals surface area contributed by atoms with Crippen molar-refractivity contribution in [3.63, 3.8) is 0 Å². The molecule has 0 bridgehead atoms. The lowest BCUT2D eigenvalue weighted by atomic mass is 10.1. The smallest absolute Gasteiger partial charge is 0.248 e. The Labute approximate surface area is 126 Å². The molecule has 3 rings (SSSR count). The van der Waals surface area contributed by atoms with Crippen LogP contribution < -0.4 is 11.1 Å². The summed E-state index contributed by atoms with van der Waals surface area (Å²) in [5.41, 5.74) is 6.89. The molecular weight excluding hydrogens is 283 g/mol. The predicted octanol–water partition coefficient (Wildman–Crippen LogP) is 2.48. The molecule has 0 fully saturated rings. The Hall–Kier alpha value is -3.02. The fourth-order valence-corrected chi connectivity index (χ4v) is 2.17. The molecule has 6 heteroatoms. The number of anilines is 1. The summed E-state index contributed by atoms with van der Waals surface area (Å²) >= 11 is 0. The Bertz CT molecular complexity index is 833. The second kappa shape index (κ2) is 5.77. The molecule has 2 aromatic carbocycles. The zero-order valence-electron chi connectivity index (χ0n) is 11.6. The number of nitrogens with two attached hydrogens (primary N) is 1. The highest BCUT2D eigenvalue weighted by molar-refractivity contribution is 5.92. The Kier molecular flexibility index (Phi) is 3.65. The lowest BCUT2D eigenvalue weighted by Gasteiger charge is -2.09. The van der Waals surface area contributed by atoms with Crippen molar-refractivity contribution >= 4 is 22.6 Å². The molecule has 1 aromatic heterocycles. The van der Waals surface area contributed by atoms with Gasteiger partial charge in [-0.1, -0.05) is 18.2 Å². The Morgan fingerprint density at radius 1 is 1.14 bits per heavy atom. The SMILES string of the molecule is NC(=O)c1ccc(CNc2ncnc3c(F)cccc23)cc1. The first-order valence-corrected chi connectivity index (χ1v) is 6.67. The van der Waals surface area contributed by atoms with Gasteiger partial charge in [-0.05, 0) is 29.8 Å². The molecular formula is C16H13FN4O. The maximum atomic E-state index is 13.7. The van der Waals surface area contributed by atoms with Gasteiger partial charge in [-0.3, -0.25) is 4.79 Å². The van der Waals surface area contributed by atoms with Crippen LogP contribution in [-0.4, -0.2) is 15.9 Å². The first kappa shape index (κ1) is 13.9. The van der Waals surface area contributed by atoms with Crippen molar-refractivity contribution in [2.75, 3.05) is 5.32 Å². The number of amides is 1. The molecule has 0 spiro atoms. The molecule has 0 aliphatic rings. The highest BCUT2D eigenvalue weighted by atomic mass is 19.1. The van der Waals surface area contributed by atoms with Gasteiger partial charge in [0.2, 0.25) is 5.91 Å². The van der Waals surface area contributed by atoms with Crippen molar-refractivity contribution in [2.45, 2.75) is 6.54 Å². The molecule has 22 heavy (non-hydrogen) atoms. The van der Waals surface area contributed by atoms with Gasteiger partial charge >= 0.3 is 0 Å². The Balaban J connectivity index is 1.82. The molecule has 0 aliphatic heterocycles. The van der Waals surface area contributed by atoms with Crippen molar-refractivity contribution in [1.29, 1.82) is 0 Å². The van der Waals surface area contributed by atoms with Gasteiger partial charge in [0.1, 0.15) is 23.5 Å². The van der Waals surface area contributed by atoms with E-state index in [2.05, 4.69) is 15.3 Å². The maximum absolute atomic E-state index is 13.7. The second-order valence-electron chi connectivity index (χ2n) is 4.77. The average Bonchev–Trinajstić information content (AvgIpc) is 2.54. The summed E-state index contributed by atoms with van der Waals surface area (Å²) in [5, 5.41) is 3.77. The summed E-state index contributed by atoms with van der Waals surface area (Å²) in [6.07, 6.45) is 1.32. The molecule has 0 atom stereocenters. The van der Waals surface area contributed by atoms with Crippen LogP contribution in [0.25, 0.3) is 10.9 Å². The highest BCUT2D eigenvalue weighted by Crippen LogP contribution is 2.21. The van der Waals surface area contributed by atoms with Crippen molar-refractivity contribution < 1.29 is 9.18 Å². The minimum absolute atomic E-state index is 0.282. The van der Waals surface area contributed by atoms with Gasteiger partial charge in [-0.15, -0.1) is 0 Å². The number of hydrogen-bond donors (Lipinski definition) is 2. The lowest BCUT2D eigenvalue weighted by molar-refractivity contribution is 0.100. The summed E-state index contributed by atoms with van der Waals surface area (Å²) in [4.78, 5) is 19.1. The number of fused-ring (bicyclic) bond motifs is 1. The molecule has 0 radical (unpaired) electrons. The summed E-state index contributed by atoms with van der Waals surface area (Å²) in [7, 11) is 0. The zero-order valence-corrected chi connectivity index (χ0v) is 11.6. The Morgan fingerprint density at radius 2 is 1.91 bits per heavy atom. The zero-order chi connectivity index (χ0) is 15.5. The van der Waals surface area contributed by atoms with Gasteiger partial charge in [0.25, 0.3) is 0 Å². The van der Waals surface area contributed by atoms with E-state index in [0.29, 0.717) is 23.3 Å². The predicted molar refractivity (Wildman–Crippen MR) is 81.8 cm³/mol. The fourth-order valence-electron chi connectivity index (χ4n) is 2.17. The minimum atomic E-state index is -0.461. The van der Waals surface area contributed by atoms with Crippen LogP contribution in [0.2, 0.25) is 0 Å². The lowest BCUT2D eigenvalue weighted by Crippen LogP contribution is -2.11. The molecule has 0 saturated carbocycles. The van der Waals surface area contributed by atoms with Crippen molar-refractivity contribution in [1.82, 2.24) is 9.97 Å². The normalized spacial score (nSPS) is 10.6. The number of primary amides is 1. The van der Waals surface area contributed by atoms with Crippen LogP contribution in [-0.2, 0) is 6.54 Å². The molecule has 0 aliphatic carbocycles.